The van der Waals surface area contributed by atoms with E-state index in [4.69, 9.17) is 16.3 Å². The molecule has 3 aromatic carbocycles. The van der Waals surface area contributed by atoms with Crippen molar-refractivity contribution in [1.82, 2.24) is 4.98 Å². The normalized spacial score (nSPS) is 11.2. The number of thiazole rings is 1. The van der Waals surface area contributed by atoms with Crippen LogP contribution in [0.5, 0.6) is 5.75 Å². The van der Waals surface area contributed by atoms with E-state index in [1.807, 2.05) is 0 Å². The summed E-state index contributed by atoms with van der Waals surface area (Å²) in [6.45, 7) is 0. The number of nitrogens with one attached hydrogen (secondary N) is 2. The number of rotatable bonds is 7. The van der Waals surface area contributed by atoms with Gasteiger partial charge in [-0.25, -0.2) is 4.98 Å². The van der Waals surface area contributed by atoms with Crippen LogP contribution in [0.4, 0.5) is 35.4 Å². The van der Waals surface area contributed by atoms with Crippen LogP contribution in [0.25, 0.3) is 11.3 Å². The van der Waals surface area contributed by atoms with Crippen LogP contribution >= 0.6 is 22.9 Å². The molecule has 0 fully saturated rings. The maximum absolute atomic E-state index is 13.3. The highest BCUT2D eigenvalue weighted by Crippen LogP contribution is 2.37. The first-order chi connectivity index (χ1) is 17.5. The Morgan fingerprint density at radius 3 is 2.30 bits per heavy atom. The van der Waals surface area contributed by atoms with E-state index in [2.05, 4.69) is 15.6 Å². The summed E-state index contributed by atoms with van der Waals surface area (Å²) >= 11 is 6.63. The van der Waals surface area contributed by atoms with E-state index in [1.165, 1.54) is 37.4 Å². The van der Waals surface area contributed by atoms with Crippen molar-refractivity contribution in [3.8, 4) is 17.0 Å². The summed E-state index contributed by atoms with van der Waals surface area (Å²) in [5, 5.41) is 16.4. The Morgan fingerprint density at radius 1 is 1.05 bits per heavy atom. The number of anilines is 3. The maximum Gasteiger partial charge on any atom is 0.417 e. The highest BCUT2D eigenvalue weighted by Gasteiger charge is 2.33. The van der Waals surface area contributed by atoms with Crippen molar-refractivity contribution in [2.24, 2.45) is 0 Å². The minimum atomic E-state index is -4.71. The van der Waals surface area contributed by atoms with Crippen molar-refractivity contribution in [3.63, 3.8) is 0 Å². The standard InChI is InChI=1S/C24H16ClF3N4O4S/c1-36-17-9-4-14(5-10-17)30-23-31-20(13-2-7-16(8-3-13)32(34)35)21(37-23)22(33)29-15-6-11-19(25)18(12-15)24(26,27)28/h2-12H,1H3,(H,29,33)(H,30,31). The third-order valence-corrected chi connectivity index (χ3v) is 6.36. The number of ether oxygens (including phenoxy) is 1. The Labute approximate surface area is 216 Å². The number of amides is 1. The minimum absolute atomic E-state index is 0.0772. The van der Waals surface area contributed by atoms with Crippen molar-refractivity contribution >= 4 is 51.0 Å². The molecule has 190 valence electrons. The molecule has 0 aliphatic rings. The van der Waals surface area contributed by atoms with E-state index in [0.717, 1.165) is 23.5 Å². The second kappa shape index (κ2) is 10.4. The number of halogens is 4. The third-order valence-electron chi connectivity index (χ3n) is 5.06. The van der Waals surface area contributed by atoms with Gasteiger partial charge >= 0.3 is 6.18 Å². The zero-order valence-electron chi connectivity index (χ0n) is 18.8. The van der Waals surface area contributed by atoms with E-state index in [-0.39, 0.29) is 21.9 Å². The van der Waals surface area contributed by atoms with E-state index in [1.54, 1.807) is 24.3 Å². The molecule has 8 nitrogen and oxygen atoms in total. The van der Waals surface area contributed by atoms with Gasteiger partial charge in [0.15, 0.2) is 5.13 Å². The molecule has 0 bridgehead atoms. The van der Waals surface area contributed by atoms with E-state index in [0.29, 0.717) is 22.1 Å². The predicted molar refractivity (Wildman–Crippen MR) is 135 cm³/mol. The summed E-state index contributed by atoms with van der Waals surface area (Å²) in [5.41, 5.74) is -0.116. The second-order valence-corrected chi connectivity index (χ2v) is 8.91. The Balaban J connectivity index is 1.69. The lowest BCUT2D eigenvalue weighted by atomic mass is 10.1. The molecule has 0 saturated carbocycles. The van der Waals surface area contributed by atoms with Gasteiger partial charge in [0, 0.05) is 29.1 Å². The monoisotopic (exact) mass is 548 g/mol. The fourth-order valence-electron chi connectivity index (χ4n) is 3.27. The number of nitro benzene ring substituents is 1. The molecule has 0 saturated heterocycles. The lowest BCUT2D eigenvalue weighted by molar-refractivity contribution is -0.384. The smallest absolute Gasteiger partial charge is 0.417 e. The molecule has 0 spiro atoms. The number of non-ortho nitro benzene ring substituents is 1. The number of benzene rings is 3. The Bertz CT molecular complexity index is 1460. The van der Waals surface area contributed by atoms with Crippen molar-refractivity contribution in [2.75, 3.05) is 17.7 Å². The van der Waals surface area contributed by atoms with Crippen LogP contribution in [0.15, 0.2) is 66.7 Å². The molecule has 0 aliphatic carbocycles. The zero-order valence-corrected chi connectivity index (χ0v) is 20.4. The zero-order chi connectivity index (χ0) is 26.7. The Hall–Kier alpha value is -4.16. The number of carbonyl (C=O) groups excluding carboxylic acids is 1. The summed E-state index contributed by atoms with van der Waals surface area (Å²) in [4.78, 5) is 28.2. The van der Waals surface area contributed by atoms with Crippen molar-refractivity contribution < 1.29 is 27.6 Å². The molecule has 0 aliphatic heterocycles. The quantitative estimate of drug-likeness (QED) is 0.184. The van der Waals surface area contributed by atoms with Crippen molar-refractivity contribution in [1.29, 1.82) is 0 Å². The minimum Gasteiger partial charge on any atom is -0.497 e. The van der Waals surface area contributed by atoms with Crippen LogP contribution in [0.3, 0.4) is 0 Å². The maximum atomic E-state index is 13.3. The average molecular weight is 549 g/mol. The van der Waals surface area contributed by atoms with Crippen LogP contribution in [-0.4, -0.2) is 22.9 Å². The Kier molecular flexibility index (Phi) is 7.32. The summed E-state index contributed by atoms with van der Waals surface area (Å²) in [6, 6.07) is 15.3. The molecule has 1 amide bonds. The van der Waals surface area contributed by atoms with Gasteiger partial charge in [0.2, 0.25) is 0 Å². The number of aromatic nitrogens is 1. The van der Waals surface area contributed by atoms with Gasteiger partial charge in [-0.05, 0) is 54.6 Å². The highest BCUT2D eigenvalue weighted by molar-refractivity contribution is 7.18. The molecular weight excluding hydrogens is 533 g/mol. The molecule has 1 heterocycles. The Morgan fingerprint density at radius 2 is 1.70 bits per heavy atom. The number of nitro groups is 1. The molecule has 0 unspecified atom stereocenters. The van der Waals surface area contributed by atoms with Gasteiger partial charge in [-0.1, -0.05) is 22.9 Å². The van der Waals surface area contributed by atoms with E-state index in [9.17, 15) is 28.1 Å². The van der Waals surface area contributed by atoms with Gasteiger partial charge in [-0.2, -0.15) is 13.2 Å². The fraction of sp³-hybridized carbons (Fsp3) is 0.0833. The topological polar surface area (TPSA) is 106 Å². The fourth-order valence-corrected chi connectivity index (χ4v) is 4.40. The van der Waals surface area contributed by atoms with Crippen molar-refractivity contribution in [3.05, 3.63) is 92.3 Å². The predicted octanol–water partition coefficient (Wildman–Crippen LogP) is 7.40. The van der Waals surface area contributed by atoms with Crippen LogP contribution < -0.4 is 15.4 Å². The number of alkyl halides is 3. The number of hydrogen-bond donors (Lipinski definition) is 2. The highest BCUT2D eigenvalue weighted by atomic mass is 35.5. The summed E-state index contributed by atoms with van der Waals surface area (Å²) in [5.74, 6) is -0.0819. The second-order valence-electron chi connectivity index (χ2n) is 7.50. The van der Waals surface area contributed by atoms with Crippen LogP contribution in [-0.2, 0) is 6.18 Å². The van der Waals surface area contributed by atoms with Crippen molar-refractivity contribution in [2.45, 2.75) is 6.18 Å². The molecule has 4 aromatic rings. The first kappa shape index (κ1) is 25.9. The lowest BCUT2D eigenvalue weighted by Crippen LogP contribution is -2.13. The molecule has 13 heteroatoms. The van der Waals surface area contributed by atoms with Gasteiger partial charge in [-0.3, -0.25) is 14.9 Å². The van der Waals surface area contributed by atoms with Crippen LogP contribution in [0.1, 0.15) is 15.2 Å². The number of nitrogens with zero attached hydrogens (tertiary/aromatic N) is 2. The molecule has 0 atom stereocenters. The first-order valence-corrected chi connectivity index (χ1v) is 11.6. The summed E-state index contributed by atoms with van der Waals surface area (Å²) < 4.78 is 44.9. The van der Waals surface area contributed by atoms with Gasteiger partial charge in [0.05, 0.1) is 28.3 Å². The number of hydrogen-bond acceptors (Lipinski definition) is 7. The lowest BCUT2D eigenvalue weighted by Gasteiger charge is -2.11. The summed E-state index contributed by atoms with van der Waals surface area (Å²) in [6.07, 6.45) is -4.71. The third kappa shape index (κ3) is 5.98. The first-order valence-electron chi connectivity index (χ1n) is 10.4. The molecule has 0 radical (unpaired) electrons. The summed E-state index contributed by atoms with van der Waals surface area (Å²) in [7, 11) is 1.53. The molecule has 37 heavy (non-hydrogen) atoms. The van der Waals surface area contributed by atoms with E-state index < -0.39 is 27.6 Å². The molecule has 4 rings (SSSR count). The van der Waals surface area contributed by atoms with E-state index >= 15 is 0 Å². The van der Waals surface area contributed by atoms with Gasteiger partial charge in [0.25, 0.3) is 11.6 Å². The van der Waals surface area contributed by atoms with Crippen LogP contribution in [0, 0.1) is 10.1 Å². The molecular formula is C24H16ClF3N4O4S. The number of methoxy groups -OCH3 is 1. The molecule has 2 N–H and O–H groups in total. The largest absolute Gasteiger partial charge is 0.497 e. The SMILES string of the molecule is COc1ccc(Nc2nc(-c3ccc([N+](=O)[O-])cc3)c(C(=O)Nc3ccc(Cl)c(C(F)(F)F)c3)s2)cc1. The van der Waals surface area contributed by atoms with Gasteiger partial charge in [0.1, 0.15) is 10.6 Å². The van der Waals surface area contributed by atoms with Gasteiger partial charge in [-0.15, -0.1) is 0 Å². The molecule has 1 aromatic heterocycles. The number of carbonyl (C=O) groups is 1. The average Bonchev–Trinajstić information content (AvgIpc) is 3.29. The van der Waals surface area contributed by atoms with Crippen LogP contribution in [0.2, 0.25) is 5.02 Å². The van der Waals surface area contributed by atoms with Gasteiger partial charge < -0.3 is 15.4 Å².